The smallest absolute Gasteiger partial charge is 0.241 e. The Hall–Kier alpha value is -2.99. The van der Waals surface area contributed by atoms with Gasteiger partial charge in [0.05, 0.1) is 36.5 Å². The lowest BCUT2D eigenvalue weighted by atomic mass is 10.0. The summed E-state index contributed by atoms with van der Waals surface area (Å²) >= 11 is 0. The van der Waals surface area contributed by atoms with Crippen LogP contribution >= 0.6 is 0 Å². The average Bonchev–Trinajstić information content (AvgIpc) is 3.01. The number of fused-ring (bicyclic) bond motifs is 2. The van der Waals surface area contributed by atoms with E-state index in [1.807, 2.05) is 35.2 Å². The van der Waals surface area contributed by atoms with Gasteiger partial charge in [0.2, 0.25) is 5.95 Å². The Morgan fingerprint density at radius 3 is 2.96 bits per heavy atom. The van der Waals surface area contributed by atoms with Crippen LogP contribution in [-0.2, 0) is 4.74 Å². The first kappa shape index (κ1) is 13.4. The number of rotatable bonds is 3. The second kappa shape index (κ2) is 5.28. The lowest BCUT2D eigenvalue weighted by Crippen LogP contribution is -2.40. The summed E-state index contributed by atoms with van der Waals surface area (Å²) in [5, 5.41) is 8.92. The van der Waals surface area contributed by atoms with E-state index in [0.29, 0.717) is 25.2 Å². The van der Waals surface area contributed by atoms with E-state index < -0.39 is 0 Å². The quantitative estimate of drug-likeness (QED) is 0.629. The van der Waals surface area contributed by atoms with Gasteiger partial charge in [0.1, 0.15) is 0 Å². The largest absolute Gasteiger partial charge is 0.377 e. The highest BCUT2D eigenvalue weighted by Gasteiger charge is 2.19. The minimum absolute atomic E-state index is 0.311. The summed E-state index contributed by atoms with van der Waals surface area (Å²) in [6, 6.07) is 12.7. The third kappa shape index (κ3) is 2.19. The van der Waals surface area contributed by atoms with Gasteiger partial charge in [-0.2, -0.15) is 0 Å². The standard InChI is InChI=1S/C18H15N5O/c1-2-13-8-12(3-4-16(13)19-6-1)15-5-7-23-17(15)9-20-18(22-23)21-14-10-24-11-14/h1-9,14H,10-11H2,(H,21,22). The molecule has 0 saturated carbocycles. The molecule has 4 aromatic rings. The third-order valence-electron chi connectivity index (χ3n) is 4.30. The van der Waals surface area contributed by atoms with Gasteiger partial charge in [-0.1, -0.05) is 12.1 Å². The Morgan fingerprint density at radius 1 is 1.12 bits per heavy atom. The number of benzene rings is 1. The molecular formula is C18H15N5O. The lowest BCUT2D eigenvalue weighted by molar-refractivity contribution is 0.0207. The second-order valence-electron chi connectivity index (χ2n) is 5.93. The number of aromatic nitrogens is 4. The first-order valence-corrected chi connectivity index (χ1v) is 7.91. The van der Waals surface area contributed by atoms with Crippen LogP contribution in [0.4, 0.5) is 5.95 Å². The van der Waals surface area contributed by atoms with Crippen molar-refractivity contribution >= 4 is 22.4 Å². The molecule has 4 heterocycles. The zero-order valence-corrected chi connectivity index (χ0v) is 12.9. The van der Waals surface area contributed by atoms with Crippen molar-refractivity contribution in [2.24, 2.45) is 0 Å². The van der Waals surface area contributed by atoms with Crippen molar-refractivity contribution < 1.29 is 4.74 Å². The first-order valence-electron chi connectivity index (χ1n) is 7.91. The van der Waals surface area contributed by atoms with E-state index in [4.69, 9.17) is 4.74 Å². The zero-order valence-electron chi connectivity index (χ0n) is 12.9. The molecule has 0 aliphatic carbocycles. The van der Waals surface area contributed by atoms with Crippen molar-refractivity contribution in [3.05, 3.63) is 55.0 Å². The molecule has 5 rings (SSSR count). The van der Waals surface area contributed by atoms with E-state index in [0.717, 1.165) is 27.5 Å². The Kier molecular flexibility index (Phi) is 2.96. The van der Waals surface area contributed by atoms with Crippen LogP contribution in [0.1, 0.15) is 0 Å². The molecule has 24 heavy (non-hydrogen) atoms. The fraction of sp³-hybridized carbons (Fsp3) is 0.167. The van der Waals surface area contributed by atoms with Crippen LogP contribution in [0.3, 0.4) is 0 Å². The first-order chi connectivity index (χ1) is 11.9. The number of nitrogens with one attached hydrogen (secondary N) is 1. The van der Waals surface area contributed by atoms with Gasteiger partial charge < -0.3 is 10.1 Å². The molecule has 0 spiro atoms. The van der Waals surface area contributed by atoms with Crippen molar-refractivity contribution in [1.29, 1.82) is 0 Å². The van der Waals surface area contributed by atoms with Gasteiger partial charge >= 0.3 is 0 Å². The summed E-state index contributed by atoms with van der Waals surface area (Å²) in [6.45, 7) is 1.42. The van der Waals surface area contributed by atoms with E-state index in [9.17, 15) is 0 Å². The molecule has 0 unspecified atom stereocenters. The highest BCUT2D eigenvalue weighted by molar-refractivity contribution is 5.88. The molecule has 3 aromatic heterocycles. The number of hydrogen-bond acceptors (Lipinski definition) is 5. The highest BCUT2D eigenvalue weighted by Crippen LogP contribution is 2.28. The lowest BCUT2D eigenvalue weighted by Gasteiger charge is -2.26. The minimum Gasteiger partial charge on any atom is -0.377 e. The SMILES string of the molecule is c1cnc2ccc(-c3ccn4nc(NC5COC5)ncc34)cc2c1. The van der Waals surface area contributed by atoms with Gasteiger partial charge in [0.25, 0.3) is 0 Å². The molecule has 1 aliphatic rings. The summed E-state index contributed by atoms with van der Waals surface area (Å²) in [4.78, 5) is 8.81. The van der Waals surface area contributed by atoms with Crippen LogP contribution in [0.2, 0.25) is 0 Å². The topological polar surface area (TPSA) is 64.3 Å². The van der Waals surface area contributed by atoms with E-state index >= 15 is 0 Å². The number of hydrogen-bond donors (Lipinski definition) is 1. The fourth-order valence-electron chi connectivity index (χ4n) is 2.96. The van der Waals surface area contributed by atoms with Gasteiger partial charge in [-0.25, -0.2) is 9.50 Å². The molecule has 1 aromatic carbocycles. The molecule has 0 amide bonds. The molecule has 118 valence electrons. The fourth-order valence-corrected chi connectivity index (χ4v) is 2.96. The van der Waals surface area contributed by atoms with Gasteiger partial charge in [0.15, 0.2) is 0 Å². The summed E-state index contributed by atoms with van der Waals surface area (Å²) in [5.41, 5.74) is 4.22. The van der Waals surface area contributed by atoms with Crippen LogP contribution in [0.25, 0.3) is 27.5 Å². The van der Waals surface area contributed by atoms with Crippen molar-refractivity contribution in [1.82, 2.24) is 19.6 Å². The molecule has 6 nitrogen and oxygen atoms in total. The van der Waals surface area contributed by atoms with Crippen molar-refractivity contribution in [3.63, 3.8) is 0 Å². The van der Waals surface area contributed by atoms with E-state index in [1.54, 1.807) is 0 Å². The van der Waals surface area contributed by atoms with Gasteiger partial charge in [0, 0.05) is 23.3 Å². The maximum absolute atomic E-state index is 5.16. The van der Waals surface area contributed by atoms with Crippen molar-refractivity contribution in [3.8, 4) is 11.1 Å². The number of pyridine rings is 1. The Morgan fingerprint density at radius 2 is 2.08 bits per heavy atom. The predicted octanol–water partition coefficient (Wildman–Crippen LogP) is 2.76. The molecule has 1 aliphatic heterocycles. The summed E-state index contributed by atoms with van der Waals surface area (Å²) in [6.07, 6.45) is 5.63. The third-order valence-corrected chi connectivity index (χ3v) is 4.30. The monoisotopic (exact) mass is 317 g/mol. The van der Waals surface area contributed by atoms with E-state index in [-0.39, 0.29) is 0 Å². The Balaban J connectivity index is 1.55. The van der Waals surface area contributed by atoms with Gasteiger partial charge in [-0.3, -0.25) is 4.98 Å². The van der Waals surface area contributed by atoms with E-state index in [2.05, 4.69) is 44.6 Å². The molecule has 0 bridgehead atoms. The van der Waals surface area contributed by atoms with Crippen LogP contribution < -0.4 is 5.32 Å². The van der Waals surface area contributed by atoms with Crippen molar-refractivity contribution in [2.75, 3.05) is 18.5 Å². The average molecular weight is 317 g/mol. The molecule has 1 fully saturated rings. The summed E-state index contributed by atoms with van der Waals surface area (Å²) in [5.74, 6) is 0.626. The molecule has 0 atom stereocenters. The normalized spacial score (nSPS) is 14.8. The highest BCUT2D eigenvalue weighted by atomic mass is 16.5. The van der Waals surface area contributed by atoms with Gasteiger partial charge in [-0.15, -0.1) is 5.10 Å². The molecule has 1 N–H and O–H groups in total. The van der Waals surface area contributed by atoms with E-state index in [1.165, 1.54) is 0 Å². The molecule has 0 radical (unpaired) electrons. The maximum atomic E-state index is 5.16. The number of ether oxygens (including phenoxy) is 1. The minimum atomic E-state index is 0.311. The predicted molar refractivity (Wildman–Crippen MR) is 92.0 cm³/mol. The second-order valence-corrected chi connectivity index (χ2v) is 5.93. The molecule has 6 heteroatoms. The molecular weight excluding hydrogens is 302 g/mol. The van der Waals surface area contributed by atoms with Crippen molar-refractivity contribution in [2.45, 2.75) is 6.04 Å². The summed E-state index contributed by atoms with van der Waals surface area (Å²) < 4.78 is 7.02. The molecule has 1 saturated heterocycles. The Labute approximate surface area is 138 Å². The number of nitrogens with zero attached hydrogens (tertiary/aromatic N) is 4. The zero-order chi connectivity index (χ0) is 15.9. The number of anilines is 1. The van der Waals surface area contributed by atoms with Crippen LogP contribution in [0.5, 0.6) is 0 Å². The van der Waals surface area contributed by atoms with Crippen LogP contribution in [0.15, 0.2) is 55.0 Å². The maximum Gasteiger partial charge on any atom is 0.241 e. The Bertz CT molecular complexity index is 1040. The summed E-state index contributed by atoms with van der Waals surface area (Å²) in [7, 11) is 0. The van der Waals surface area contributed by atoms with Crippen LogP contribution in [0, 0.1) is 0 Å². The van der Waals surface area contributed by atoms with Gasteiger partial charge in [-0.05, 0) is 29.8 Å². The van der Waals surface area contributed by atoms with Crippen LogP contribution in [-0.4, -0.2) is 38.8 Å².